The SMILES string of the molecule is CCCC[c-]1cccc1.CCCC[c-]1cccc1.CC[N-]CC.[Cl-].[Ti+4]. The van der Waals surface area contributed by atoms with E-state index in [-0.39, 0.29) is 34.1 Å². The van der Waals surface area contributed by atoms with Gasteiger partial charge in [0.1, 0.15) is 0 Å². The molecule has 0 aliphatic rings. The summed E-state index contributed by atoms with van der Waals surface area (Å²) in [5.41, 5.74) is 2.97. The molecule has 0 spiro atoms. The standard InChI is InChI=1S/2C9H13.C4H10N.ClH.Ti/c2*1-2-3-6-9-7-4-5-8-9;1-3-5-4-2;;/h2*4-5,7-8H,2-3,6H2,1H3;3-4H2,1-2H3;1H;/q3*-1;;+4/p-1. The predicted octanol–water partition coefficient (Wildman–Crippen LogP) is 3.90. The average Bonchev–Trinajstić information content (AvgIpc) is 3.26. The van der Waals surface area contributed by atoms with Crippen molar-refractivity contribution in [2.24, 2.45) is 0 Å². The Morgan fingerprint density at radius 1 is 0.640 bits per heavy atom. The summed E-state index contributed by atoms with van der Waals surface area (Å²) in [6.45, 7) is 10.5. The van der Waals surface area contributed by atoms with Gasteiger partial charge in [-0.15, -0.1) is 0 Å². The van der Waals surface area contributed by atoms with Crippen molar-refractivity contribution in [1.29, 1.82) is 0 Å². The molecule has 140 valence electrons. The van der Waals surface area contributed by atoms with E-state index in [2.05, 4.69) is 67.7 Å². The van der Waals surface area contributed by atoms with Crippen LogP contribution in [-0.4, -0.2) is 13.1 Å². The van der Waals surface area contributed by atoms with E-state index in [9.17, 15) is 0 Å². The Morgan fingerprint density at radius 3 is 1.16 bits per heavy atom. The number of hydrogen-bond acceptors (Lipinski definition) is 0. The molecule has 0 aliphatic heterocycles. The maximum atomic E-state index is 3.97. The van der Waals surface area contributed by atoms with E-state index in [1.165, 1.54) is 49.7 Å². The number of nitrogens with zero attached hydrogens (tertiary/aromatic N) is 1. The summed E-state index contributed by atoms with van der Waals surface area (Å²) in [6.07, 6.45) is 7.75. The molecule has 0 heterocycles. The predicted molar refractivity (Wildman–Crippen MR) is 106 cm³/mol. The Kier molecular flexibility index (Phi) is 27.9. The summed E-state index contributed by atoms with van der Waals surface area (Å²) in [5.74, 6) is 0. The fourth-order valence-corrected chi connectivity index (χ4v) is 2.15. The Balaban J connectivity index is -0.000000291. The number of unbranched alkanes of at least 4 members (excludes halogenated alkanes) is 2. The van der Waals surface area contributed by atoms with E-state index in [0.29, 0.717) is 0 Å². The van der Waals surface area contributed by atoms with Crippen LogP contribution < -0.4 is 12.4 Å². The van der Waals surface area contributed by atoms with Crippen LogP contribution in [0.25, 0.3) is 5.32 Å². The van der Waals surface area contributed by atoms with Gasteiger partial charge in [0.15, 0.2) is 0 Å². The van der Waals surface area contributed by atoms with Crippen LogP contribution in [0.3, 0.4) is 0 Å². The summed E-state index contributed by atoms with van der Waals surface area (Å²) in [7, 11) is 0. The zero-order valence-electron chi connectivity index (χ0n) is 16.6. The second-order valence-corrected chi connectivity index (χ2v) is 5.65. The van der Waals surface area contributed by atoms with Crippen molar-refractivity contribution in [2.45, 2.75) is 66.2 Å². The number of aryl methyl sites for hydroxylation is 2. The number of rotatable bonds is 8. The molecule has 0 saturated carbocycles. The van der Waals surface area contributed by atoms with Crippen molar-refractivity contribution in [1.82, 2.24) is 0 Å². The molecule has 0 aliphatic carbocycles. The Bertz CT molecular complexity index is 369. The van der Waals surface area contributed by atoms with Crippen molar-refractivity contribution in [3.05, 3.63) is 65.0 Å². The maximum absolute atomic E-state index is 3.97. The van der Waals surface area contributed by atoms with E-state index in [1.807, 2.05) is 13.8 Å². The number of halogens is 1. The van der Waals surface area contributed by atoms with Gasteiger partial charge in [0, 0.05) is 0 Å². The van der Waals surface area contributed by atoms with Gasteiger partial charge in [-0.3, -0.25) is 0 Å². The van der Waals surface area contributed by atoms with Gasteiger partial charge in [0.25, 0.3) is 0 Å². The molecule has 0 N–H and O–H groups in total. The summed E-state index contributed by atoms with van der Waals surface area (Å²) < 4.78 is 0. The van der Waals surface area contributed by atoms with Crippen LogP contribution in [0.1, 0.15) is 64.5 Å². The van der Waals surface area contributed by atoms with E-state index < -0.39 is 0 Å². The average molecular weight is 398 g/mol. The van der Waals surface area contributed by atoms with Crippen LogP contribution in [0.4, 0.5) is 0 Å². The van der Waals surface area contributed by atoms with Crippen LogP contribution in [-0.2, 0) is 34.6 Å². The third-order valence-electron chi connectivity index (χ3n) is 3.55. The van der Waals surface area contributed by atoms with Gasteiger partial charge in [-0.25, -0.2) is 24.3 Å². The first-order chi connectivity index (χ1) is 11.3. The van der Waals surface area contributed by atoms with Gasteiger partial charge >= 0.3 is 21.7 Å². The van der Waals surface area contributed by atoms with Gasteiger partial charge in [-0.2, -0.15) is 48.5 Å². The van der Waals surface area contributed by atoms with Crippen molar-refractivity contribution in [3.8, 4) is 0 Å². The van der Waals surface area contributed by atoms with Crippen molar-refractivity contribution in [3.63, 3.8) is 0 Å². The molecule has 2 aromatic carbocycles. The fourth-order valence-electron chi connectivity index (χ4n) is 2.15. The van der Waals surface area contributed by atoms with Crippen molar-refractivity contribution < 1.29 is 34.1 Å². The van der Waals surface area contributed by atoms with Crippen LogP contribution in [0.15, 0.2) is 48.5 Å². The van der Waals surface area contributed by atoms with Crippen LogP contribution in [0.2, 0.25) is 0 Å². The second kappa shape index (κ2) is 23.7. The summed E-state index contributed by atoms with van der Waals surface area (Å²) in [5, 5.41) is 3.97. The molecule has 1 nitrogen and oxygen atoms in total. The minimum Gasteiger partial charge on any atom is -1.00 e. The molecular weight excluding hydrogens is 362 g/mol. The first kappa shape index (κ1) is 29.4. The Morgan fingerprint density at radius 2 is 0.960 bits per heavy atom. The van der Waals surface area contributed by atoms with Crippen molar-refractivity contribution >= 4 is 0 Å². The molecule has 0 radical (unpaired) electrons. The number of hydrogen-bond donors (Lipinski definition) is 0. The summed E-state index contributed by atoms with van der Waals surface area (Å²) >= 11 is 0. The van der Waals surface area contributed by atoms with Gasteiger partial charge in [0.2, 0.25) is 0 Å². The smallest absolute Gasteiger partial charge is 1.00 e. The zero-order valence-corrected chi connectivity index (χ0v) is 18.9. The van der Waals surface area contributed by atoms with E-state index in [1.54, 1.807) is 0 Å². The summed E-state index contributed by atoms with van der Waals surface area (Å²) in [4.78, 5) is 0. The molecule has 0 saturated heterocycles. The van der Waals surface area contributed by atoms with E-state index in [4.69, 9.17) is 0 Å². The molecule has 0 aromatic heterocycles. The Labute approximate surface area is 178 Å². The second-order valence-electron chi connectivity index (χ2n) is 5.65. The van der Waals surface area contributed by atoms with Crippen LogP contribution in [0, 0.1) is 0 Å². The van der Waals surface area contributed by atoms with E-state index >= 15 is 0 Å². The molecule has 2 aromatic rings. The zero-order chi connectivity index (χ0) is 17.2. The maximum Gasteiger partial charge on any atom is 4.00 e. The van der Waals surface area contributed by atoms with Gasteiger partial charge in [-0.1, -0.05) is 66.2 Å². The molecule has 2 rings (SSSR count). The van der Waals surface area contributed by atoms with Gasteiger partial charge < -0.3 is 17.7 Å². The van der Waals surface area contributed by atoms with Crippen LogP contribution in [0.5, 0.6) is 0 Å². The van der Waals surface area contributed by atoms with Gasteiger partial charge in [0.05, 0.1) is 0 Å². The topological polar surface area (TPSA) is 14.1 Å². The molecule has 25 heavy (non-hydrogen) atoms. The fraction of sp³-hybridized carbons (Fsp3) is 0.545. The molecular formula is C22H36ClNTi. The largest absolute Gasteiger partial charge is 4.00 e. The molecule has 0 unspecified atom stereocenters. The molecule has 0 bridgehead atoms. The Hall–Kier alpha value is -0.336. The molecule has 0 atom stereocenters. The summed E-state index contributed by atoms with van der Waals surface area (Å²) in [6, 6.07) is 17.2. The van der Waals surface area contributed by atoms with E-state index in [0.717, 1.165) is 13.1 Å². The third kappa shape index (κ3) is 19.8. The molecule has 0 fully saturated rings. The van der Waals surface area contributed by atoms with Gasteiger partial charge in [-0.05, 0) is 0 Å². The normalized spacial score (nSPS) is 8.80. The molecule has 0 amide bonds. The quantitative estimate of drug-likeness (QED) is 0.474. The minimum atomic E-state index is 0. The monoisotopic (exact) mass is 397 g/mol. The first-order valence-corrected chi connectivity index (χ1v) is 9.32. The van der Waals surface area contributed by atoms with Crippen molar-refractivity contribution in [2.75, 3.05) is 13.1 Å². The minimum absolute atomic E-state index is 0. The van der Waals surface area contributed by atoms with Crippen LogP contribution >= 0.6 is 0 Å². The molecule has 3 heteroatoms. The third-order valence-corrected chi connectivity index (χ3v) is 3.55. The first-order valence-electron chi connectivity index (χ1n) is 9.32.